The minimum atomic E-state index is -1.19. The number of likely N-dealkylation sites (tertiary alicyclic amines) is 1. The van der Waals surface area contributed by atoms with Gasteiger partial charge in [0.25, 0.3) is 0 Å². The Morgan fingerprint density at radius 3 is 1.55 bits per heavy atom. The summed E-state index contributed by atoms with van der Waals surface area (Å²) in [6.45, 7) is 11.7. The molecule has 6 heterocycles. The number of halogens is 4. The van der Waals surface area contributed by atoms with Crippen molar-refractivity contribution >= 4 is 45.8 Å². The number of β-amino-alcohol motifs (C(OH)–C–C–N with tert-alkyl or cyclic N) is 2. The summed E-state index contributed by atoms with van der Waals surface area (Å²) in [6, 6.07) is 5.19. The minimum absolute atomic E-state index is 0. The molecule has 0 spiro atoms. The normalized spacial score (nSPS) is 17.9. The van der Waals surface area contributed by atoms with Crippen molar-refractivity contribution in [3.05, 3.63) is 71.6 Å². The number of aliphatic hydroxyl groups excluding tert-OH is 4. The highest BCUT2D eigenvalue weighted by Crippen LogP contribution is 2.32. The highest BCUT2D eigenvalue weighted by molar-refractivity contribution is 5.84. The molecule has 2 aromatic carbocycles. The summed E-state index contributed by atoms with van der Waals surface area (Å²) in [5, 5.41) is 53.6. The van der Waals surface area contributed by atoms with E-state index in [1.165, 1.54) is 17.0 Å². The van der Waals surface area contributed by atoms with E-state index in [0.717, 1.165) is 18.9 Å². The van der Waals surface area contributed by atoms with Gasteiger partial charge in [-0.05, 0) is 85.2 Å². The molecule has 0 saturated carbocycles. The first-order valence-electron chi connectivity index (χ1n) is 21.5. The van der Waals surface area contributed by atoms with Crippen LogP contribution in [0, 0.1) is 37.1 Å². The molecule has 1 amide bonds. The van der Waals surface area contributed by atoms with Gasteiger partial charge in [-0.1, -0.05) is 14.9 Å². The first-order valence-corrected chi connectivity index (χ1v) is 21.5. The second kappa shape index (κ2) is 23.7. The van der Waals surface area contributed by atoms with E-state index in [-0.39, 0.29) is 79.4 Å². The van der Waals surface area contributed by atoms with Crippen molar-refractivity contribution in [2.75, 3.05) is 50.0 Å². The van der Waals surface area contributed by atoms with E-state index in [9.17, 15) is 32.6 Å². The fourth-order valence-electron chi connectivity index (χ4n) is 8.16. The largest absolute Gasteiger partial charge is 0.480 e. The average molecular weight is 971 g/mol. The number of nitrogens with one attached hydrogen (secondary N) is 3. The molecule has 4 aromatic heterocycles. The van der Waals surface area contributed by atoms with Crippen molar-refractivity contribution in [3.8, 4) is 22.5 Å². The summed E-state index contributed by atoms with van der Waals surface area (Å²) in [6.07, 6.45) is 1.60. The number of benzene rings is 2. The number of aromatic nitrogens is 8. The highest BCUT2D eigenvalue weighted by atomic mass is 19.1. The van der Waals surface area contributed by atoms with Crippen LogP contribution in [0.4, 0.5) is 29.5 Å². The van der Waals surface area contributed by atoms with Crippen LogP contribution in [0.15, 0.2) is 36.7 Å². The maximum absolute atomic E-state index is 14.8. The van der Waals surface area contributed by atoms with Gasteiger partial charge in [0.1, 0.15) is 47.3 Å². The number of nitrogens with zero attached hydrogens (tertiary/aromatic N) is 9. The number of aliphatic carboxylic acids is 1. The molecule has 0 aliphatic carbocycles. The summed E-state index contributed by atoms with van der Waals surface area (Å²) < 4.78 is 62.6. The van der Waals surface area contributed by atoms with E-state index < -0.39 is 66.6 Å². The van der Waals surface area contributed by atoms with Crippen LogP contribution >= 0.6 is 0 Å². The smallest absolute Gasteiger partial charge is 0.329 e. The predicted molar refractivity (Wildman–Crippen MR) is 252 cm³/mol. The van der Waals surface area contributed by atoms with Crippen LogP contribution in [0.2, 0.25) is 0 Å². The number of aryl methyl sites for hydroxylation is 2. The van der Waals surface area contributed by atoms with Gasteiger partial charge in [-0.3, -0.25) is 4.79 Å². The van der Waals surface area contributed by atoms with Crippen LogP contribution in [0.1, 0.15) is 79.1 Å². The first kappa shape index (κ1) is 55.2. The zero-order valence-electron chi connectivity index (χ0n) is 37.7. The van der Waals surface area contributed by atoms with Gasteiger partial charge in [0.15, 0.2) is 23.3 Å². The number of amides is 1. The lowest BCUT2D eigenvalue weighted by Gasteiger charge is -2.36. The minimum Gasteiger partial charge on any atom is -0.480 e. The van der Waals surface area contributed by atoms with Crippen molar-refractivity contribution in [1.82, 2.24) is 49.3 Å². The number of imidazole rings is 2. The molecule has 2 aliphatic rings. The molecule has 0 unspecified atom stereocenters. The first-order chi connectivity index (χ1) is 31.8. The van der Waals surface area contributed by atoms with Crippen molar-refractivity contribution in [2.45, 2.75) is 106 Å². The van der Waals surface area contributed by atoms with Gasteiger partial charge in [0, 0.05) is 42.8 Å². The molecular weight excluding hydrogens is 909 g/mol. The number of fused-ring (bicyclic) bond motifs is 2. The number of aliphatic hydroxyl groups is 4. The Morgan fingerprint density at radius 2 is 1.16 bits per heavy atom. The number of hydrogen-bond acceptors (Lipinski definition) is 15. The lowest BCUT2D eigenvalue weighted by atomic mass is 10.0. The number of rotatable bonds is 10. The van der Waals surface area contributed by atoms with E-state index in [0.29, 0.717) is 54.2 Å². The fourth-order valence-corrected chi connectivity index (χ4v) is 8.16. The van der Waals surface area contributed by atoms with Crippen LogP contribution in [0.3, 0.4) is 0 Å². The van der Waals surface area contributed by atoms with Crippen LogP contribution in [-0.4, -0.2) is 145 Å². The number of anilines is 2. The molecule has 23 heteroatoms. The molecule has 2 aliphatic heterocycles. The Balaban J connectivity index is 0.000000268. The molecule has 69 heavy (non-hydrogen) atoms. The highest BCUT2D eigenvalue weighted by Gasteiger charge is 2.31. The zero-order chi connectivity index (χ0) is 48.9. The Labute approximate surface area is 396 Å². The van der Waals surface area contributed by atoms with Crippen LogP contribution in [-0.2, 0) is 9.59 Å². The lowest BCUT2D eigenvalue weighted by Crippen LogP contribution is -2.52. The molecule has 8 rings (SSSR count). The predicted octanol–water partition coefficient (Wildman–Crippen LogP) is 5.16. The number of carboxylic acid groups (broad SMARTS) is 1. The summed E-state index contributed by atoms with van der Waals surface area (Å²) >= 11 is 0. The van der Waals surface area contributed by atoms with Gasteiger partial charge < -0.3 is 55.5 Å². The lowest BCUT2D eigenvalue weighted by molar-refractivity contribution is -0.140. The number of piperidine rings is 2. The Morgan fingerprint density at radius 1 is 0.710 bits per heavy atom. The second-order valence-electron chi connectivity index (χ2n) is 16.6. The molecule has 2 saturated heterocycles. The molecule has 0 bridgehead atoms. The maximum atomic E-state index is 14.8. The maximum Gasteiger partial charge on any atom is 0.329 e. The third kappa shape index (κ3) is 12.6. The van der Waals surface area contributed by atoms with Gasteiger partial charge in [-0.25, -0.2) is 52.3 Å². The van der Waals surface area contributed by atoms with E-state index in [4.69, 9.17) is 20.1 Å². The summed E-state index contributed by atoms with van der Waals surface area (Å²) in [4.78, 5) is 47.2. The van der Waals surface area contributed by atoms with Gasteiger partial charge in [0.05, 0.1) is 47.7 Å². The quantitative estimate of drug-likeness (QED) is 0.0825. The molecule has 4 atom stereocenters. The molecule has 0 radical (unpaired) electrons. The SMILES string of the molecule is C.C.Cc1nc2c(F)cc(-c3nc(N[C@@H]4CCN(C(=O)CO)C[C@H]4O)ncc3F)cc2n1C(C)C.Cc1nc2c(F)cc(-c3nc(N[C@@H]4CCNC[C@H]4O)ncc3F)cc2n1C(C)C.O=C(O)CO. The summed E-state index contributed by atoms with van der Waals surface area (Å²) in [5.74, 6) is -2.49. The van der Waals surface area contributed by atoms with E-state index in [1.807, 2.05) is 43.8 Å². The Kier molecular flexibility index (Phi) is 19.0. The van der Waals surface area contributed by atoms with Gasteiger partial charge >= 0.3 is 5.97 Å². The zero-order valence-corrected chi connectivity index (χ0v) is 37.7. The van der Waals surface area contributed by atoms with E-state index >= 15 is 0 Å². The number of carbonyl (C=O) groups is 2. The fraction of sp³-hybridized carbons (Fsp3) is 0.478. The number of carbonyl (C=O) groups excluding carboxylic acids is 1. The third-order valence-electron chi connectivity index (χ3n) is 11.2. The standard InChI is InChI=1S/C22H26F2N6O3.C20H24F2N6O.C2H4O3.2CH4/c1-11(2)30-12(3)26-21-14(23)6-13(7-17(21)30)20-15(24)8-25-22(28-20)27-16-4-5-29(9-18(16)32)19(33)10-31;1-10(2)28-11(3)25-19-13(21)6-12(7-16(19)28)18-14(22)8-24-20(27-18)26-15-4-5-23-9-17(15)29;3-1-2(4)5;;/h6-8,11,16,18,31-32H,4-5,9-10H2,1-3H3,(H,25,27,28);6-8,10,15,17,23,29H,4-5,9H2,1-3H3,(H,24,26,27);3H,1H2,(H,4,5);2*1H4/t16-,18-;15-,17-;;;/m11.../s1. The van der Waals surface area contributed by atoms with Gasteiger partial charge in [0.2, 0.25) is 17.8 Å². The van der Waals surface area contributed by atoms with Crippen molar-refractivity contribution in [3.63, 3.8) is 0 Å². The molecule has 8 N–H and O–H groups in total. The van der Waals surface area contributed by atoms with Crippen molar-refractivity contribution < 1.29 is 52.7 Å². The molecule has 19 nitrogen and oxygen atoms in total. The topological polar surface area (TPSA) is 262 Å². The monoisotopic (exact) mass is 970 g/mol. The van der Waals surface area contributed by atoms with Crippen molar-refractivity contribution in [1.29, 1.82) is 0 Å². The Hall–Kier alpha value is -6.40. The van der Waals surface area contributed by atoms with Crippen LogP contribution < -0.4 is 16.0 Å². The van der Waals surface area contributed by atoms with Crippen LogP contribution in [0.5, 0.6) is 0 Å². The summed E-state index contributed by atoms with van der Waals surface area (Å²) in [7, 11) is 0. The van der Waals surface area contributed by atoms with Crippen LogP contribution in [0.25, 0.3) is 44.6 Å². The summed E-state index contributed by atoms with van der Waals surface area (Å²) in [5.41, 5.74) is 2.08. The van der Waals surface area contributed by atoms with E-state index in [1.54, 1.807) is 19.1 Å². The molecular formula is C46H62F4N12O7. The second-order valence-corrected chi connectivity index (χ2v) is 16.6. The molecule has 2 fully saturated rings. The Bertz CT molecular complexity index is 2740. The van der Waals surface area contributed by atoms with E-state index in [2.05, 4.69) is 45.9 Å². The van der Waals surface area contributed by atoms with Gasteiger partial charge in [-0.2, -0.15) is 0 Å². The molecule has 6 aromatic rings. The number of hydrogen-bond donors (Lipinski definition) is 8. The molecule has 376 valence electrons. The average Bonchev–Trinajstić information content (AvgIpc) is 3.82. The number of carboxylic acids is 1. The van der Waals surface area contributed by atoms with Gasteiger partial charge in [-0.15, -0.1) is 0 Å². The third-order valence-corrected chi connectivity index (χ3v) is 11.2. The van der Waals surface area contributed by atoms with Crippen molar-refractivity contribution in [2.24, 2.45) is 0 Å².